The monoisotopic (exact) mass is 497 g/mol. The summed E-state index contributed by atoms with van der Waals surface area (Å²) in [5, 5.41) is 2.80. The fourth-order valence-corrected chi connectivity index (χ4v) is 4.39. The molecule has 3 heterocycles. The van der Waals surface area contributed by atoms with Gasteiger partial charge in [0.2, 0.25) is 23.1 Å². The van der Waals surface area contributed by atoms with Gasteiger partial charge in [0.15, 0.2) is 0 Å². The van der Waals surface area contributed by atoms with Crippen LogP contribution in [0.15, 0.2) is 24.3 Å². The molecule has 0 saturated carbocycles. The number of benzene rings is 1. The Labute approximate surface area is 201 Å². The molecular weight excluding hydrogens is 471 g/mol. The third-order valence-corrected chi connectivity index (χ3v) is 6.46. The average molecular weight is 498 g/mol. The van der Waals surface area contributed by atoms with E-state index in [0.29, 0.717) is 37.8 Å². The standard InChI is InChI=1S/C22H27ClF3N7O/c1-31-10-12-33(13-11-31)21-29-19(23)28-20(30-21)32-8-6-15(7-9-32)18(34)27-14-16-4-2-3-5-17(16)22(24,25)26/h2-5,15H,6-14H2,1H3,(H,27,34). The van der Waals surface area contributed by atoms with Crippen molar-refractivity contribution in [2.75, 3.05) is 56.1 Å². The fraction of sp³-hybridized carbons (Fsp3) is 0.545. The van der Waals surface area contributed by atoms with Crippen molar-refractivity contribution in [3.63, 3.8) is 0 Å². The van der Waals surface area contributed by atoms with Crippen LogP contribution in [-0.2, 0) is 17.5 Å². The van der Waals surface area contributed by atoms with E-state index in [1.54, 1.807) is 0 Å². The summed E-state index contributed by atoms with van der Waals surface area (Å²) in [5.41, 5.74) is -0.676. The average Bonchev–Trinajstić information content (AvgIpc) is 2.82. The van der Waals surface area contributed by atoms with Crippen LogP contribution in [-0.4, -0.2) is 72.1 Å². The summed E-state index contributed by atoms with van der Waals surface area (Å²) >= 11 is 6.17. The van der Waals surface area contributed by atoms with Crippen molar-refractivity contribution in [2.45, 2.75) is 25.6 Å². The zero-order chi connectivity index (χ0) is 24.3. The highest BCUT2D eigenvalue weighted by molar-refractivity contribution is 6.28. The highest BCUT2D eigenvalue weighted by Gasteiger charge is 2.33. The number of anilines is 2. The van der Waals surface area contributed by atoms with Gasteiger partial charge in [0.05, 0.1) is 5.56 Å². The highest BCUT2D eigenvalue weighted by Crippen LogP contribution is 2.32. The van der Waals surface area contributed by atoms with Gasteiger partial charge >= 0.3 is 6.18 Å². The van der Waals surface area contributed by atoms with E-state index in [4.69, 9.17) is 11.6 Å². The van der Waals surface area contributed by atoms with E-state index >= 15 is 0 Å². The molecule has 0 spiro atoms. The Hall–Kier alpha value is -2.66. The maximum Gasteiger partial charge on any atom is 0.416 e. The summed E-state index contributed by atoms with van der Waals surface area (Å²) in [5.74, 6) is 0.491. The van der Waals surface area contributed by atoms with E-state index in [1.807, 2.05) is 4.90 Å². The Morgan fingerprint density at radius 3 is 2.21 bits per heavy atom. The Kier molecular flexibility index (Phi) is 7.42. The van der Waals surface area contributed by atoms with E-state index in [9.17, 15) is 18.0 Å². The number of aromatic nitrogens is 3. The molecule has 8 nitrogen and oxygen atoms in total. The summed E-state index contributed by atoms with van der Waals surface area (Å²) in [6.07, 6.45) is -3.37. The van der Waals surface area contributed by atoms with Gasteiger partial charge in [0.25, 0.3) is 0 Å². The number of nitrogens with zero attached hydrogens (tertiary/aromatic N) is 6. The Morgan fingerprint density at radius 1 is 1.00 bits per heavy atom. The number of hydrogen-bond acceptors (Lipinski definition) is 7. The predicted octanol–water partition coefficient (Wildman–Crippen LogP) is 2.83. The lowest BCUT2D eigenvalue weighted by Gasteiger charge is -2.34. The summed E-state index contributed by atoms with van der Waals surface area (Å²) in [7, 11) is 2.07. The van der Waals surface area contributed by atoms with Crippen LogP contribution in [0.3, 0.4) is 0 Å². The number of carbonyl (C=O) groups excluding carboxylic acids is 1. The molecule has 0 radical (unpaired) electrons. The minimum absolute atomic E-state index is 0.0528. The summed E-state index contributed by atoms with van der Waals surface area (Å²) in [6, 6.07) is 5.28. The number of nitrogens with one attached hydrogen (secondary N) is 1. The van der Waals surface area contributed by atoms with Gasteiger partial charge < -0.3 is 20.0 Å². The van der Waals surface area contributed by atoms with Crippen LogP contribution in [0.1, 0.15) is 24.0 Å². The van der Waals surface area contributed by atoms with Gasteiger partial charge in [-0.15, -0.1) is 0 Å². The number of rotatable bonds is 5. The van der Waals surface area contributed by atoms with Crippen LogP contribution in [0.2, 0.25) is 5.28 Å². The molecule has 184 valence electrons. The quantitative estimate of drug-likeness (QED) is 0.680. The maximum atomic E-state index is 13.2. The van der Waals surface area contributed by atoms with Gasteiger partial charge in [0.1, 0.15) is 0 Å². The minimum atomic E-state index is -4.46. The van der Waals surface area contributed by atoms with Crippen LogP contribution < -0.4 is 15.1 Å². The van der Waals surface area contributed by atoms with Gasteiger partial charge in [0, 0.05) is 51.7 Å². The molecular formula is C22H27ClF3N7O. The topological polar surface area (TPSA) is 77.5 Å². The second-order valence-electron chi connectivity index (χ2n) is 8.63. The molecule has 2 aliphatic rings. The number of carbonyl (C=O) groups is 1. The van der Waals surface area contributed by atoms with Gasteiger partial charge in [-0.1, -0.05) is 18.2 Å². The number of alkyl halides is 3. The van der Waals surface area contributed by atoms with Crippen molar-refractivity contribution in [1.82, 2.24) is 25.2 Å². The Bertz CT molecular complexity index is 1010. The second-order valence-corrected chi connectivity index (χ2v) is 8.97. The van der Waals surface area contributed by atoms with E-state index in [2.05, 4.69) is 37.1 Å². The first-order valence-electron chi connectivity index (χ1n) is 11.2. The van der Waals surface area contributed by atoms with E-state index in [1.165, 1.54) is 18.2 Å². The zero-order valence-electron chi connectivity index (χ0n) is 18.9. The van der Waals surface area contributed by atoms with Gasteiger partial charge in [-0.25, -0.2) is 0 Å². The molecule has 2 fully saturated rings. The van der Waals surface area contributed by atoms with E-state index in [0.717, 1.165) is 32.2 Å². The number of likely N-dealkylation sites (N-methyl/N-ethyl adjacent to an activating group) is 1. The second kappa shape index (κ2) is 10.3. The van der Waals surface area contributed by atoms with E-state index < -0.39 is 11.7 Å². The predicted molar refractivity (Wildman–Crippen MR) is 123 cm³/mol. The first-order valence-corrected chi connectivity index (χ1v) is 11.6. The lowest BCUT2D eigenvalue weighted by molar-refractivity contribution is -0.138. The van der Waals surface area contributed by atoms with Crippen molar-refractivity contribution in [1.29, 1.82) is 0 Å². The van der Waals surface area contributed by atoms with Crippen molar-refractivity contribution in [2.24, 2.45) is 5.92 Å². The molecule has 34 heavy (non-hydrogen) atoms. The largest absolute Gasteiger partial charge is 0.416 e. The van der Waals surface area contributed by atoms with Crippen LogP contribution in [0, 0.1) is 5.92 Å². The first-order chi connectivity index (χ1) is 16.2. The molecule has 2 aromatic rings. The number of piperazine rings is 1. The van der Waals surface area contributed by atoms with Crippen LogP contribution in [0.25, 0.3) is 0 Å². The molecule has 1 amide bonds. The summed E-state index contributed by atoms with van der Waals surface area (Å²) in [4.78, 5) is 32.1. The number of piperidine rings is 1. The molecule has 0 aliphatic carbocycles. The molecule has 4 rings (SSSR count). The fourth-order valence-electron chi connectivity index (χ4n) is 4.24. The Morgan fingerprint density at radius 2 is 1.59 bits per heavy atom. The molecule has 1 aromatic carbocycles. The normalized spacial score (nSPS) is 18.3. The lowest BCUT2D eigenvalue weighted by Crippen LogP contribution is -2.45. The zero-order valence-corrected chi connectivity index (χ0v) is 19.6. The molecule has 2 saturated heterocycles. The number of amides is 1. The SMILES string of the molecule is CN1CCN(c2nc(Cl)nc(N3CCC(C(=O)NCc4ccccc4C(F)(F)F)CC3)n2)CC1. The molecule has 0 bridgehead atoms. The minimum Gasteiger partial charge on any atom is -0.352 e. The van der Waals surface area contributed by atoms with Crippen molar-refractivity contribution in [3.05, 3.63) is 40.7 Å². The molecule has 1 aromatic heterocycles. The lowest BCUT2D eigenvalue weighted by atomic mass is 9.96. The molecule has 12 heteroatoms. The van der Waals surface area contributed by atoms with Crippen LogP contribution >= 0.6 is 11.6 Å². The molecule has 1 N–H and O–H groups in total. The molecule has 0 unspecified atom stereocenters. The van der Waals surface area contributed by atoms with Crippen molar-refractivity contribution in [3.8, 4) is 0 Å². The van der Waals surface area contributed by atoms with Crippen molar-refractivity contribution < 1.29 is 18.0 Å². The van der Waals surface area contributed by atoms with Gasteiger partial charge in [-0.05, 0) is 43.1 Å². The third kappa shape index (κ3) is 5.87. The summed E-state index contributed by atoms with van der Waals surface area (Å²) in [6.45, 7) is 4.34. The Balaban J connectivity index is 1.33. The molecule has 0 atom stereocenters. The smallest absolute Gasteiger partial charge is 0.352 e. The molecule has 2 aliphatic heterocycles. The van der Waals surface area contributed by atoms with Gasteiger partial charge in [-0.2, -0.15) is 28.1 Å². The first kappa shape index (κ1) is 24.5. The van der Waals surface area contributed by atoms with Crippen molar-refractivity contribution >= 4 is 29.4 Å². The van der Waals surface area contributed by atoms with Gasteiger partial charge in [-0.3, -0.25) is 4.79 Å². The van der Waals surface area contributed by atoms with Crippen LogP contribution in [0.4, 0.5) is 25.1 Å². The highest BCUT2D eigenvalue weighted by atomic mass is 35.5. The number of hydrogen-bond donors (Lipinski definition) is 1. The number of halogens is 4. The van der Waals surface area contributed by atoms with Crippen LogP contribution in [0.5, 0.6) is 0 Å². The third-order valence-electron chi connectivity index (χ3n) is 6.30. The maximum absolute atomic E-state index is 13.2. The summed E-state index contributed by atoms with van der Waals surface area (Å²) < 4.78 is 39.5. The van der Waals surface area contributed by atoms with E-state index in [-0.39, 0.29) is 29.2 Å².